The number of hydrogen-bond donors (Lipinski definition) is 2. The van der Waals surface area contributed by atoms with Crippen molar-refractivity contribution < 1.29 is 14.0 Å². The Balaban J connectivity index is 1.46. The van der Waals surface area contributed by atoms with E-state index in [0.717, 1.165) is 11.4 Å². The first kappa shape index (κ1) is 20.9. The molecule has 10 heteroatoms. The lowest BCUT2D eigenvalue weighted by molar-refractivity contribution is -0.129. The Hall–Kier alpha value is -2.84. The van der Waals surface area contributed by atoms with Crippen LogP contribution in [0.15, 0.2) is 34.9 Å². The molecule has 2 heterocycles. The van der Waals surface area contributed by atoms with Gasteiger partial charge in [0.1, 0.15) is 6.54 Å². The lowest BCUT2D eigenvalue weighted by Gasteiger charge is -2.08. The molecule has 1 aromatic carbocycles. The maximum absolute atomic E-state index is 12.0. The van der Waals surface area contributed by atoms with Crippen LogP contribution in [-0.2, 0) is 22.6 Å². The molecule has 2 aromatic heterocycles. The number of halogens is 2. The van der Waals surface area contributed by atoms with Crippen LogP contribution in [0.1, 0.15) is 23.7 Å². The molecule has 0 atom stereocenters. The third kappa shape index (κ3) is 5.58. The van der Waals surface area contributed by atoms with Crippen molar-refractivity contribution in [1.82, 2.24) is 25.6 Å². The number of hydrazine groups is 1. The van der Waals surface area contributed by atoms with Crippen LogP contribution in [-0.4, -0.2) is 26.6 Å². The maximum atomic E-state index is 12.0. The van der Waals surface area contributed by atoms with Gasteiger partial charge in [0.25, 0.3) is 5.91 Å². The Morgan fingerprint density at radius 3 is 2.59 bits per heavy atom. The number of rotatable bonds is 6. The largest absolute Gasteiger partial charge is 0.441 e. The molecule has 0 bridgehead atoms. The van der Waals surface area contributed by atoms with Crippen molar-refractivity contribution in [2.24, 2.45) is 0 Å². The molecule has 8 nitrogen and oxygen atoms in total. The molecule has 0 aliphatic heterocycles. The van der Waals surface area contributed by atoms with E-state index in [1.807, 2.05) is 19.9 Å². The summed E-state index contributed by atoms with van der Waals surface area (Å²) in [5.74, 6) is 0.131. The predicted octanol–water partition coefficient (Wildman–Crippen LogP) is 3.24. The SMILES string of the molecule is Cc1cc(C)n(CC(=O)NNC(=O)CCc2ncc(-c3ccc(Cl)cc3Cl)o2)n1. The Morgan fingerprint density at radius 1 is 1.14 bits per heavy atom. The summed E-state index contributed by atoms with van der Waals surface area (Å²) < 4.78 is 7.21. The van der Waals surface area contributed by atoms with Gasteiger partial charge in [-0.05, 0) is 38.1 Å². The van der Waals surface area contributed by atoms with Crippen LogP contribution in [0.2, 0.25) is 10.0 Å². The molecular formula is C19H19Cl2N5O3. The molecule has 3 aromatic rings. The number of benzene rings is 1. The Bertz CT molecular complexity index is 1040. The topological polar surface area (TPSA) is 102 Å². The summed E-state index contributed by atoms with van der Waals surface area (Å²) in [5.41, 5.74) is 7.09. The second-order valence-electron chi connectivity index (χ2n) is 6.42. The average molecular weight is 436 g/mol. The fourth-order valence-corrected chi connectivity index (χ4v) is 3.17. The minimum Gasteiger partial charge on any atom is -0.441 e. The van der Waals surface area contributed by atoms with E-state index in [0.29, 0.717) is 27.3 Å². The van der Waals surface area contributed by atoms with E-state index in [1.54, 1.807) is 29.1 Å². The monoisotopic (exact) mass is 435 g/mol. The van der Waals surface area contributed by atoms with E-state index in [-0.39, 0.29) is 31.2 Å². The Kier molecular flexibility index (Phi) is 6.56. The minimum absolute atomic E-state index is 0.0188. The van der Waals surface area contributed by atoms with Gasteiger partial charge < -0.3 is 4.42 Å². The van der Waals surface area contributed by atoms with Crippen LogP contribution in [0.3, 0.4) is 0 Å². The second-order valence-corrected chi connectivity index (χ2v) is 7.27. The van der Waals surface area contributed by atoms with Gasteiger partial charge in [-0.3, -0.25) is 25.1 Å². The number of nitrogens with one attached hydrogen (secondary N) is 2. The fraction of sp³-hybridized carbons (Fsp3) is 0.263. The summed E-state index contributed by atoms with van der Waals surface area (Å²) in [6, 6.07) is 6.92. The highest BCUT2D eigenvalue weighted by molar-refractivity contribution is 6.36. The first-order chi connectivity index (χ1) is 13.8. The van der Waals surface area contributed by atoms with E-state index < -0.39 is 0 Å². The Morgan fingerprint density at radius 2 is 1.90 bits per heavy atom. The molecule has 0 spiro atoms. The normalized spacial score (nSPS) is 10.8. The number of carbonyl (C=O) groups is 2. The number of amides is 2. The van der Waals surface area contributed by atoms with Crippen molar-refractivity contribution >= 4 is 35.0 Å². The van der Waals surface area contributed by atoms with Gasteiger partial charge in [-0.1, -0.05) is 23.2 Å². The molecule has 2 N–H and O–H groups in total. The number of carbonyl (C=O) groups excluding carboxylic acids is 2. The highest BCUT2D eigenvalue weighted by atomic mass is 35.5. The summed E-state index contributed by atoms with van der Waals surface area (Å²) in [6.45, 7) is 3.72. The first-order valence-corrected chi connectivity index (χ1v) is 9.56. The van der Waals surface area contributed by atoms with Gasteiger partial charge in [-0.15, -0.1) is 0 Å². The third-order valence-corrected chi connectivity index (χ3v) is 4.60. The van der Waals surface area contributed by atoms with Crippen molar-refractivity contribution in [3.63, 3.8) is 0 Å². The lowest BCUT2D eigenvalue weighted by atomic mass is 10.2. The fourth-order valence-electron chi connectivity index (χ4n) is 2.67. The van der Waals surface area contributed by atoms with Gasteiger partial charge in [0.15, 0.2) is 11.7 Å². The quantitative estimate of drug-likeness (QED) is 0.578. The summed E-state index contributed by atoms with van der Waals surface area (Å²) in [5, 5.41) is 5.17. The van der Waals surface area contributed by atoms with Crippen molar-refractivity contribution in [3.05, 3.63) is 57.8 Å². The first-order valence-electron chi connectivity index (χ1n) is 8.80. The van der Waals surface area contributed by atoms with Gasteiger partial charge in [0.05, 0.1) is 16.9 Å². The standard InChI is InChI=1S/C19H19Cl2N5O3/c1-11-7-12(2)26(25-11)10-18(28)24-23-17(27)5-6-19-22-9-16(29-19)14-4-3-13(20)8-15(14)21/h3-4,7-9H,5-6,10H2,1-2H3,(H,23,27)(H,24,28). The summed E-state index contributed by atoms with van der Waals surface area (Å²) in [4.78, 5) is 28.0. The highest BCUT2D eigenvalue weighted by Crippen LogP contribution is 2.30. The molecular weight excluding hydrogens is 417 g/mol. The average Bonchev–Trinajstić information content (AvgIpc) is 3.24. The van der Waals surface area contributed by atoms with Crippen LogP contribution in [0, 0.1) is 13.8 Å². The third-order valence-electron chi connectivity index (χ3n) is 4.05. The zero-order valence-electron chi connectivity index (χ0n) is 15.8. The van der Waals surface area contributed by atoms with Crippen molar-refractivity contribution in [2.75, 3.05) is 0 Å². The van der Waals surface area contributed by atoms with Crippen LogP contribution < -0.4 is 10.9 Å². The number of hydrogen-bond acceptors (Lipinski definition) is 5. The molecule has 3 rings (SSSR count). The zero-order valence-corrected chi connectivity index (χ0v) is 17.3. The van der Waals surface area contributed by atoms with Gasteiger partial charge in [-0.25, -0.2) is 4.98 Å². The predicted molar refractivity (Wildman–Crippen MR) is 108 cm³/mol. The lowest BCUT2D eigenvalue weighted by Crippen LogP contribution is -2.43. The van der Waals surface area contributed by atoms with E-state index in [2.05, 4.69) is 20.9 Å². The molecule has 0 saturated carbocycles. The molecule has 0 aliphatic rings. The van der Waals surface area contributed by atoms with Crippen molar-refractivity contribution in [3.8, 4) is 11.3 Å². The van der Waals surface area contributed by atoms with E-state index >= 15 is 0 Å². The molecule has 0 saturated heterocycles. The van der Waals surface area contributed by atoms with Crippen LogP contribution in [0.25, 0.3) is 11.3 Å². The molecule has 0 fully saturated rings. The number of nitrogens with zero attached hydrogens (tertiary/aromatic N) is 3. The highest BCUT2D eigenvalue weighted by Gasteiger charge is 2.13. The summed E-state index contributed by atoms with van der Waals surface area (Å²) in [7, 11) is 0. The van der Waals surface area contributed by atoms with Crippen LogP contribution >= 0.6 is 23.2 Å². The molecule has 2 amide bonds. The molecule has 152 valence electrons. The maximum Gasteiger partial charge on any atom is 0.260 e. The van der Waals surface area contributed by atoms with Gasteiger partial charge in [0, 0.05) is 29.1 Å². The zero-order chi connectivity index (χ0) is 21.0. The number of aryl methyl sites for hydroxylation is 3. The van der Waals surface area contributed by atoms with Gasteiger partial charge in [-0.2, -0.15) is 5.10 Å². The second kappa shape index (κ2) is 9.11. The molecule has 0 aliphatic carbocycles. The minimum atomic E-state index is -0.375. The number of oxazole rings is 1. The number of aromatic nitrogens is 3. The Labute approximate surface area is 177 Å². The van der Waals surface area contributed by atoms with Crippen LogP contribution in [0.5, 0.6) is 0 Å². The molecule has 29 heavy (non-hydrogen) atoms. The van der Waals surface area contributed by atoms with E-state index in [9.17, 15) is 9.59 Å². The smallest absolute Gasteiger partial charge is 0.260 e. The van der Waals surface area contributed by atoms with E-state index in [1.165, 1.54) is 0 Å². The summed E-state index contributed by atoms with van der Waals surface area (Å²) >= 11 is 12.0. The van der Waals surface area contributed by atoms with Crippen molar-refractivity contribution in [2.45, 2.75) is 33.2 Å². The van der Waals surface area contributed by atoms with Crippen LogP contribution in [0.4, 0.5) is 0 Å². The van der Waals surface area contributed by atoms with E-state index in [4.69, 9.17) is 27.6 Å². The van der Waals surface area contributed by atoms with Gasteiger partial charge in [0.2, 0.25) is 5.91 Å². The molecule has 0 radical (unpaired) electrons. The van der Waals surface area contributed by atoms with Gasteiger partial charge >= 0.3 is 0 Å². The summed E-state index contributed by atoms with van der Waals surface area (Å²) in [6.07, 6.45) is 1.90. The van der Waals surface area contributed by atoms with Crippen molar-refractivity contribution in [1.29, 1.82) is 0 Å². The molecule has 0 unspecified atom stereocenters.